The van der Waals surface area contributed by atoms with Gasteiger partial charge >= 0.3 is 0 Å². The van der Waals surface area contributed by atoms with Gasteiger partial charge in [0.15, 0.2) is 0 Å². The van der Waals surface area contributed by atoms with E-state index >= 15 is 0 Å². The zero-order chi connectivity index (χ0) is 12.0. The second-order valence-electron chi connectivity index (χ2n) is 4.45. The predicted octanol–water partition coefficient (Wildman–Crippen LogP) is 2.01. The van der Waals surface area contributed by atoms with Crippen LogP contribution in [-0.2, 0) is 4.79 Å². The number of piperidine rings is 1. The van der Waals surface area contributed by atoms with E-state index in [1.807, 2.05) is 18.1 Å². The van der Waals surface area contributed by atoms with E-state index in [1.54, 1.807) is 11.8 Å². The lowest BCUT2D eigenvalue weighted by atomic mass is 9.96. The van der Waals surface area contributed by atoms with Gasteiger partial charge in [-0.15, -0.1) is 12.4 Å². The first kappa shape index (κ1) is 17.1. The van der Waals surface area contributed by atoms with E-state index < -0.39 is 0 Å². The third-order valence-corrected chi connectivity index (χ3v) is 4.22. The molecule has 102 valence electrons. The zero-order valence-corrected chi connectivity index (χ0v) is 12.7. The maximum absolute atomic E-state index is 11.9. The molecule has 17 heavy (non-hydrogen) atoms. The summed E-state index contributed by atoms with van der Waals surface area (Å²) in [7, 11) is 0. The molecule has 0 aromatic heterocycles. The molecule has 5 heteroatoms. The van der Waals surface area contributed by atoms with Crippen molar-refractivity contribution in [3.05, 3.63) is 0 Å². The van der Waals surface area contributed by atoms with Gasteiger partial charge in [0.05, 0.1) is 5.25 Å². The Morgan fingerprint density at radius 1 is 1.47 bits per heavy atom. The molecule has 1 N–H and O–H groups in total. The van der Waals surface area contributed by atoms with Gasteiger partial charge in [-0.25, -0.2) is 0 Å². The van der Waals surface area contributed by atoms with Gasteiger partial charge in [0, 0.05) is 13.1 Å². The largest absolute Gasteiger partial charge is 0.342 e. The van der Waals surface area contributed by atoms with E-state index in [9.17, 15) is 4.79 Å². The Labute approximate surface area is 115 Å². The lowest BCUT2D eigenvalue weighted by molar-refractivity contribution is -0.131. The fourth-order valence-electron chi connectivity index (χ4n) is 2.06. The van der Waals surface area contributed by atoms with Gasteiger partial charge < -0.3 is 10.2 Å². The van der Waals surface area contributed by atoms with Gasteiger partial charge in [0.25, 0.3) is 0 Å². The minimum atomic E-state index is 0. The second-order valence-corrected chi connectivity index (χ2v) is 5.63. The van der Waals surface area contributed by atoms with Crippen LogP contribution in [-0.4, -0.2) is 48.5 Å². The Kier molecular flexibility index (Phi) is 9.10. The molecule has 1 saturated heterocycles. The molecule has 0 bridgehead atoms. The molecule has 1 fully saturated rings. The topological polar surface area (TPSA) is 32.3 Å². The fourth-order valence-corrected chi connectivity index (χ4v) is 2.41. The molecule has 3 nitrogen and oxygen atoms in total. The predicted molar refractivity (Wildman–Crippen MR) is 78.1 cm³/mol. The summed E-state index contributed by atoms with van der Waals surface area (Å²) < 4.78 is 0. The smallest absolute Gasteiger partial charge is 0.235 e. The quantitative estimate of drug-likeness (QED) is 0.836. The van der Waals surface area contributed by atoms with E-state index in [0.717, 1.165) is 44.9 Å². The highest BCUT2D eigenvalue weighted by Gasteiger charge is 2.25. The summed E-state index contributed by atoms with van der Waals surface area (Å²) in [4.78, 5) is 14.0. The molecule has 1 aliphatic rings. The van der Waals surface area contributed by atoms with Gasteiger partial charge in [-0.1, -0.05) is 6.92 Å². The van der Waals surface area contributed by atoms with Gasteiger partial charge in [-0.2, -0.15) is 11.8 Å². The number of hydrogen-bond donors (Lipinski definition) is 1. The summed E-state index contributed by atoms with van der Waals surface area (Å²) in [5, 5.41) is 3.50. The Hall–Kier alpha value is 0.0700. The van der Waals surface area contributed by atoms with Crippen molar-refractivity contribution >= 4 is 30.1 Å². The average molecular weight is 281 g/mol. The molecule has 0 aromatic carbocycles. The number of carbonyl (C=O) groups is 1. The SMILES string of the molecule is CCNCC1CCN(C(=O)C(C)SC)CC1.Cl. The third kappa shape index (κ3) is 5.49. The maximum Gasteiger partial charge on any atom is 0.235 e. The number of carbonyl (C=O) groups excluding carboxylic acids is 1. The molecule has 0 saturated carbocycles. The van der Waals surface area contributed by atoms with Crippen LogP contribution in [0.2, 0.25) is 0 Å². The van der Waals surface area contributed by atoms with Crippen molar-refractivity contribution in [3.63, 3.8) is 0 Å². The van der Waals surface area contributed by atoms with E-state index in [0.29, 0.717) is 5.91 Å². The van der Waals surface area contributed by atoms with Gasteiger partial charge in [0.1, 0.15) is 0 Å². The number of halogens is 1. The number of thioether (sulfide) groups is 1. The Bertz CT molecular complexity index is 221. The van der Waals surface area contributed by atoms with Crippen molar-refractivity contribution in [3.8, 4) is 0 Å². The third-order valence-electron chi connectivity index (χ3n) is 3.31. The monoisotopic (exact) mass is 280 g/mol. The minimum absolute atomic E-state index is 0. The van der Waals surface area contributed by atoms with Crippen LogP contribution in [0, 0.1) is 5.92 Å². The molecule has 1 unspecified atom stereocenters. The van der Waals surface area contributed by atoms with Gasteiger partial charge in [0.2, 0.25) is 5.91 Å². The molecule has 1 rings (SSSR count). The van der Waals surface area contributed by atoms with E-state index in [4.69, 9.17) is 0 Å². The molecule has 1 atom stereocenters. The second kappa shape index (κ2) is 9.06. The van der Waals surface area contributed by atoms with Crippen LogP contribution in [0.15, 0.2) is 0 Å². The van der Waals surface area contributed by atoms with Crippen molar-refractivity contribution in [1.82, 2.24) is 10.2 Å². The minimum Gasteiger partial charge on any atom is -0.342 e. The van der Waals surface area contributed by atoms with Crippen LogP contribution in [0.25, 0.3) is 0 Å². The molecule has 1 amide bonds. The number of likely N-dealkylation sites (tertiary alicyclic amines) is 1. The van der Waals surface area contributed by atoms with Crippen LogP contribution in [0.1, 0.15) is 26.7 Å². The van der Waals surface area contributed by atoms with Gasteiger partial charge in [-0.05, 0) is 45.0 Å². The molecular formula is C12H25ClN2OS. The van der Waals surface area contributed by atoms with E-state index in [-0.39, 0.29) is 17.7 Å². The first-order valence-electron chi connectivity index (χ1n) is 6.21. The highest BCUT2D eigenvalue weighted by Crippen LogP contribution is 2.19. The highest BCUT2D eigenvalue weighted by molar-refractivity contribution is 7.99. The van der Waals surface area contributed by atoms with Crippen molar-refractivity contribution < 1.29 is 4.79 Å². The van der Waals surface area contributed by atoms with Crippen molar-refractivity contribution in [2.45, 2.75) is 31.9 Å². The summed E-state index contributed by atoms with van der Waals surface area (Å²) in [5.74, 6) is 1.07. The summed E-state index contributed by atoms with van der Waals surface area (Å²) in [6, 6.07) is 0. The Morgan fingerprint density at radius 3 is 2.53 bits per heavy atom. The number of nitrogens with zero attached hydrogens (tertiary/aromatic N) is 1. The summed E-state index contributed by atoms with van der Waals surface area (Å²) >= 11 is 1.64. The first-order valence-corrected chi connectivity index (χ1v) is 7.50. The number of nitrogens with one attached hydrogen (secondary N) is 1. The van der Waals surface area contributed by atoms with Crippen LogP contribution < -0.4 is 5.32 Å². The molecule has 1 aliphatic heterocycles. The maximum atomic E-state index is 11.9. The lowest BCUT2D eigenvalue weighted by Crippen LogP contribution is -2.43. The molecule has 0 aliphatic carbocycles. The molecule has 0 radical (unpaired) electrons. The Balaban J connectivity index is 0.00000256. The summed E-state index contributed by atoms with van der Waals surface area (Å²) in [6.07, 6.45) is 4.31. The van der Waals surface area contributed by atoms with E-state index in [1.165, 1.54) is 0 Å². The van der Waals surface area contributed by atoms with Crippen molar-refractivity contribution in [2.75, 3.05) is 32.4 Å². The summed E-state index contributed by atoms with van der Waals surface area (Å²) in [6.45, 7) is 8.18. The lowest BCUT2D eigenvalue weighted by Gasteiger charge is -2.33. The normalized spacial score (nSPS) is 18.6. The van der Waals surface area contributed by atoms with Crippen LogP contribution in [0.4, 0.5) is 0 Å². The van der Waals surface area contributed by atoms with Gasteiger partial charge in [-0.3, -0.25) is 4.79 Å². The standard InChI is InChI=1S/C12H24N2OS.ClH/c1-4-13-9-11-5-7-14(8-6-11)12(15)10(2)16-3;/h10-11,13H,4-9H2,1-3H3;1H. The fraction of sp³-hybridized carbons (Fsp3) is 0.917. The van der Waals surface area contributed by atoms with Crippen LogP contribution >= 0.6 is 24.2 Å². The van der Waals surface area contributed by atoms with Crippen LogP contribution in [0.3, 0.4) is 0 Å². The molecule has 0 aromatic rings. The summed E-state index contributed by atoms with van der Waals surface area (Å²) in [5.41, 5.74) is 0. The first-order chi connectivity index (χ1) is 7.69. The van der Waals surface area contributed by atoms with Crippen molar-refractivity contribution in [2.24, 2.45) is 5.92 Å². The molecule has 1 heterocycles. The number of amides is 1. The highest BCUT2D eigenvalue weighted by atomic mass is 35.5. The number of rotatable bonds is 5. The van der Waals surface area contributed by atoms with Crippen molar-refractivity contribution in [1.29, 1.82) is 0 Å². The number of hydrogen-bond acceptors (Lipinski definition) is 3. The van der Waals surface area contributed by atoms with Crippen LogP contribution in [0.5, 0.6) is 0 Å². The zero-order valence-electron chi connectivity index (χ0n) is 11.1. The van der Waals surface area contributed by atoms with E-state index in [2.05, 4.69) is 12.2 Å². The molecular weight excluding hydrogens is 256 g/mol. The average Bonchev–Trinajstić information content (AvgIpc) is 2.35. The Morgan fingerprint density at radius 2 is 2.06 bits per heavy atom. The molecule has 0 spiro atoms.